The van der Waals surface area contributed by atoms with Crippen LogP contribution in [-0.2, 0) is 12.8 Å². The Kier molecular flexibility index (Phi) is 4.51. The zero-order valence-electron chi connectivity index (χ0n) is 10.1. The summed E-state index contributed by atoms with van der Waals surface area (Å²) in [6.07, 6.45) is -0.457. The lowest BCUT2D eigenvalue weighted by Crippen LogP contribution is -2.15. The summed E-state index contributed by atoms with van der Waals surface area (Å²) in [7, 11) is 0. The van der Waals surface area contributed by atoms with Crippen LogP contribution in [0, 0.1) is 11.6 Å². The molecule has 2 rings (SSSR count). The van der Waals surface area contributed by atoms with E-state index in [9.17, 15) is 13.9 Å². The number of benzene rings is 2. The van der Waals surface area contributed by atoms with Crippen molar-refractivity contribution in [3.05, 3.63) is 70.2 Å². The quantitative estimate of drug-likeness (QED) is 0.905. The summed E-state index contributed by atoms with van der Waals surface area (Å²) < 4.78 is 26.7. The molecule has 1 N–H and O–H groups in total. The molecule has 0 aliphatic carbocycles. The van der Waals surface area contributed by atoms with E-state index in [-0.39, 0.29) is 23.7 Å². The number of rotatable bonds is 4. The molecule has 0 fully saturated rings. The summed E-state index contributed by atoms with van der Waals surface area (Å²) in [4.78, 5) is 0. The van der Waals surface area contributed by atoms with Crippen molar-refractivity contribution in [3.63, 3.8) is 0 Å². The highest BCUT2D eigenvalue weighted by Gasteiger charge is 2.13. The first kappa shape index (κ1) is 14.0. The number of hydrogen-bond donors (Lipinski definition) is 1. The predicted molar refractivity (Wildman–Crippen MR) is 71.2 cm³/mol. The molecule has 19 heavy (non-hydrogen) atoms. The van der Waals surface area contributed by atoms with Gasteiger partial charge in [0.15, 0.2) is 0 Å². The summed E-state index contributed by atoms with van der Waals surface area (Å²) in [5, 5.41) is 9.96. The van der Waals surface area contributed by atoms with Crippen LogP contribution in [0.1, 0.15) is 11.1 Å². The van der Waals surface area contributed by atoms with E-state index in [4.69, 9.17) is 11.6 Å². The second kappa shape index (κ2) is 6.13. The van der Waals surface area contributed by atoms with Crippen LogP contribution in [-0.4, -0.2) is 11.2 Å². The van der Waals surface area contributed by atoms with Gasteiger partial charge in [0.1, 0.15) is 11.6 Å². The van der Waals surface area contributed by atoms with E-state index in [2.05, 4.69) is 0 Å². The molecule has 0 aromatic heterocycles. The van der Waals surface area contributed by atoms with Crippen molar-refractivity contribution < 1.29 is 13.9 Å². The molecule has 1 unspecified atom stereocenters. The van der Waals surface area contributed by atoms with Crippen molar-refractivity contribution in [2.24, 2.45) is 0 Å². The van der Waals surface area contributed by atoms with E-state index in [1.165, 1.54) is 18.2 Å². The van der Waals surface area contributed by atoms with Gasteiger partial charge in [-0.2, -0.15) is 0 Å². The molecule has 1 nitrogen and oxygen atoms in total. The molecule has 0 spiro atoms. The third-order valence-corrected chi connectivity index (χ3v) is 3.32. The Morgan fingerprint density at radius 2 is 1.47 bits per heavy atom. The van der Waals surface area contributed by atoms with Crippen molar-refractivity contribution >= 4 is 11.6 Å². The topological polar surface area (TPSA) is 20.2 Å². The molecule has 0 saturated heterocycles. The van der Waals surface area contributed by atoms with Gasteiger partial charge in [0.25, 0.3) is 0 Å². The van der Waals surface area contributed by atoms with Gasteiger partial charge in [-0.15, -0.1) is 0 Å². The minimum atomic E-state index is -0.809. The fraction of sp³-hybridized carbons (Fsp3) is 0.200. The zero-order valence-corrected chi connectivity index (χ0v) is 10.9. The summed E-state index contributed by atoms with van der Waals surface area (Å²) in [6.45, 7) is 0. The van der Waals surface area contributed by atoms with E-state index in [0.29, 0.717) is 11.1 Å². The minimum absolute atomic E-state index is 0.00934. The molecule has 100 valence electrons. The summed E-state index contributed by atoms with van der Waals surface area (Å²) >= 11 is 5.81. The van der Waals surface area contributed by atoms with Gasteiger partial charge < -0.3 is 5.11 Å². The molecule has 0 saturated carbocycles. The summed E-state index contributed by atoms with van der Waals surface area (Å²) in [6, 6.07) is 10.7. The minimum Gasteiger partial charge on any atom is -0.392 e. The van der Waals surface area contributed by atoms with Gasteiger partial charge in [0.05, 0.1) is 11.1 Å². The number of hydrogen-bond acceptors (Lipinski definition) is 1. The van der Waals surface area contributed by atoms with Crippen molar-refractivity contribution in [2.75, 3.05) is 0 Å². The Bertz CT molecular complexity index is 572. The standard InChI is InChI=1S/C15H13ClF2O/c16-15-11(5-3-7-14(15)18)9-12(19)8-10-4-1-2-6-13(10)17/h1-7,12,19H,8-9H2. The number of halogens is 3. The van der Waals surface area contributed by atoms with Crippen molar-refractivity contribution in [1.29, 1.82) is 0 Å². The molecule has 1 atom stereocenters. The third kappa shape index (κ3) is 3.52. The summed E-state index contributed by atoms with van der Waals surface area (Å²) in [5.74, 6) is -0.871. The highest BCUT2D eigenvalue weighted by Crippen LogP contribution is 2.22. The van der Waals surface area contributed by atoms with Crippen LogP contribution in [0.25, 0.3) is 0 Å². The Morgan fingerprint density at radius 1 is 0.895 bits per heavy atom. The third-order valence-electron chi connectivity index (χ3n) is 2.90. The van der Waals surface area contributed by atoms with E-state index in [1.54, 1.807) is 24.3 Å². The fourth-order valence-electron chi connectivity index (χ4n) is 1.95. The fourth-order valence-corrected chi connectivity index (χ4v) is 2.15. The molecule has 4 heteroatoms. The second-order valence-electron chi connectivity index (χ2n) is 4.37. The maximum Gasteiger partial charge on any atom is 0.142 e. The lowest BCUT2D eigenvalue weighted by atomic mass is 10.0. The SMILES string of the molecule is OC(Cc1ccccc1F)Cc1cccc(F)c1Cl. The molecule has 0 heterocycles. The first-order valence-corrected chi connectivity index (χ1v) is 6.30. The van der Waals surface area contributed by atoms with Gasteiger partial charge in [0, 0.05) is 12.8 Å². The van der Waals surface area contributed by atoms with Gasteiger partial charge in [-0.3, -0.25) is 0 Å². The first-order valence-electron chi connectivity index (χ1n) is 5.92. The smallest absolute Gasteiger partial charge is 0.142 e. The average molecular weight is 283 g/mol. The maximum absolute atomic E-state index is 13.4. The molecule has 0 bridgehead atoms. The molecular weight excluding hydrogens is 270 g/mol. The van der Waals surface area contributed by atoms with Gasteiger partial charge in [-0.05, 0) is 23.3 Å². The lowest BCUT2D eigenvalue weighted by Gasteiger charge is -2.12. The van der Waals surface area contributed by atoms with Crippen LogP contribution < -0.4 is 0 Å². The largest absolute Gasteiger partial charge is 0.392 e. The van der Waals surface area contributed by atoms with Crippen molar-refractivity contribution in [3.8, 4) is 0 Å². The first-order chi connectivity index (χ1) is 9.08. The monoisotopic (exact) mass is 282 g/mol. The van der Waals surface area contributed by atoms with Gasteiger partial charge in [-0.25, -0.2) is 8.78 Å². The van der Waals surface area contributed by atoms with Crippen LogP contribution >= 0.6 is 11.6 Å². The lowest BCUT2D eigenvalue weighted by molar-refractivity contribution is 0.174. The van der Waals surface area contributed by atoms with E-state index in [1.807, 2.05) is 0 Å². The zero-order chi connectivity index (χ0) is 13.8. The van der Waals surface area contributed by atoms with Gasteiger partial charge in [-0.1, -0.05) is 41.9 Å². The summed E-state index contributed by atoms with van der Waals surface area (Å²) in [5.41, 5.74) is 0.952. The predicted octanol–water partition coefficient (Wildman–Crippen LogP) is 3.76. The van der Waals surface area contributed by atoms with E-state index in [0.717, 1.165) is 0 Å². The number of aliphatic hydroxyl groups excluding tert-OH is 1. The molecular formula is C15H13ClF2O. The normalized spacial score (nSPS) is 12.4. The van der Waals surface area contributed by atoms with Crippen molar-refractivity contribution in [1.82, 2.24) is 0 Å². The Hall–Kier alpha value is -1.45. The molecule has 0 radical (unpaired) electrons. The number of aliphatic hydroxyl groups is 1. The molecule has 0 amide bonds. The van der Waals surface area contributed by atoms with Gasteiger partial charge >= 0.3 is 0 Å². The average Bonchev–Trinajstić information content (AvgIpc) is 2.38. The Morgan fingerprint density at radius 3 is 2.21 bits per heavy atom. The van der Waals surface area contributed by atoms with Crippen LogP contribution in [0.4, 0.5) is 8.78 Å². The highest BCUT2D eigenvalue weighted by molar-refractivity contribution is 6.31. The molecule has 2 aromatic rings. The molecule has 2 aromatic carbocycles. The molecule has 0 aliphatic rings. The van der Waals surface area contributed by atoms with E-state index >= 15 is 0 Å². The second-order valence-corrected chi connectivity index (χ2v) is 4.74. The Balaban J connectivity index is 2.08. The van der Waals surface area contributed by atoms with Gasteiger partial charge in [0.2, 0.25) is 0 Å². The van der Waals surface area contributed by atoms with E-state index < -0.39 is 11.9 Å². The Labute approximate surface area is 115 Å². The van der Waals surface area contributed by atoms with Crippen LogP contribution in [0.5, 0.6) is 0 Å². The van der Waals surface area contributed by atoms with Crippen LogP contribution in [0.15, 0.2) is 42.5 Å². The molecule has 0 aliphatic heterocycles. The van der Waals surface area contributed by atoms with Crippen LogP contribution in [0.2, 0.25) is 5.02 Å². The van der Waals surface area contributed by atoms with Crippen LogP contribution in [0.3, 0.4) is 0 Å². The maximum atomic E-state index is 13.4. The highest BCUT2D eigenvalue weighted by atomic mass is 35.5. The van der Waals surface area contributed by atoms with Crippen molar-refractivity contribution in [2.45, 2.75) is 18.9 Å².